The number of piperidine rings is 1. The van der Waals surface area contributed by atoms with E-state index in [1.807, 2.05) is 0 Å². The van der Waals surface area contributed by atoms with Crippen LogP contribution in [0.2, 0.25) is 0 Å². The molecular formula is C17H36N2. The smallest absolute Gasteiger partial charge is 0.0246 e. The average Bonchev–Trinajstić information content (AvgIpc) is 2.35. The Morgan fingerprint density at radius 1 is 1.11 bits per heavy atom. The van der Waals surface area contributed by atoms with Gasteiger partial charge in [-0.15, -0.1) is 0 Å². The highest BCUT2D eigenvalue weighted by Crippen LogP contribution is 2.25. The van der Waals surface area contributed by atoms with Gasteiger partial charge >= 0.3 is 0 Å². The fourth-order valence-corrected chi connectivity index (χ4v) is 3.36. The SMILES string of the molecule is CCCC1CCCCN1C(CNCC(C)C)C(C)C. The number of hydrogen-bond acceptors (Lipinski definition) is 2. The summed E-state index contributed by atoms with van der Waals surface area (Å²) in [5.74, 6) is 1.50. The lowest BCUT2D eigenvalue weighted by atomic mass is 9.92. The molecule has 1 heterocycles. The van der Waals surface area contributed by atoms with Crippen molar-refractivity contribution in [2.45, 2.75) is 78.8 Å². The van der Waals surface area contributed by atoms with Gasteiger partial charge in [0.1, 0.15) is 0 Å². The van der Waals surface area contributed by atoms with E-state index < -0.39 is 0 Å². The van der Waals surface area contributed by atoms with Crippen molar-refractivity contribution in [3.8, 4) is 0 Å². The van der Waals surface area contributed by atoms with Gasteiger partial charge in [0.15, 0.2) is 0 Å². The van der Waals surface area contributed by atoms with E-state index in [2.05, 4.69) is 44.8 Å². The molecule has 2 atom stereocenters. The normalized spacial score (nSPS) is 23.2. The minimum Gasteiger partial charge on any atom is -0.315 e. The van der Waals surface area contributed by atoms with Crippen LogP contribution in [-0.2, 0) is 0 Å². The monoisotopic (exact) mass is 268 g/mol. The van der Waals surface area contributed by atoms with E-state index in [1.54, 1.807) is 0 Å². The van der Waals surface area contributed by atoms with E-state index in [4.69, 9.17) is 0 Å². The maximum Gasteiger partial charge on any atom is 0.0246 e. The molecule has 1 aliphatic rings. The molecule has 1 saturated heterocycles. The maximum absolute atomic E-state index is 3.68. The quantitative estimate of drug-likeness (QED) is 0.718. The van der Waals surface area contributed by atoms with Crippen molar-refractivity contribution in [3.63, 3.8) is 0 Å². The van der Waals surface area contributed by atoms with Crippen LogP contribution in [-0.4, -0.2) is 36.6 Å². The summed E-state index contributed by atoms with van der Waals surface area (Å²) >= 11 is 0. The van der Waals surface area contributed by atoms with Gasteiger partial charge < -0.3 is 5.32 Å². The summed E-state index contributed by atoms with van der Waals surface area (Å²) in [7, 11) is 0. The highest BCUT2D eigenvalue weighted by atomic mass is 15.2. The Morgan fingerprint density at radius 3 is 2.42 bits per heavy atom. The first-order valence-corrected chi connectivity index (χ1v) is 8.52. The molecule has 114 valence electrons. The van der Waals surface area contributed by atoms with Crippen LogP contribution in [0.1, 0.15) is 66.7 Å². The largest absolute Gasteiger partial charge is 0.315 e. The van der Waals surface area contributed by atoms with Crippen molar-refractivity contribution in [2.24, 2.45) is 11.8 Å². The number of hydrogen-bond donors (Lipinski definition) is 1. The Bertz CT molecular complexity index is 223. The standard InChI is InChI=1S/C17H36N2/c1-6-9-16-10-7-8-11-19(16)17(15(4)5)13-18-12-14(2)3/h14-18H,6-13H2,1-5H3. The number of rotatable bonds is 8. The van der Waals surface area contributed by atoms with Crippen LogP contribution in [0, 0.1) is 11.8 Å². The first kappa shape index (κ1) is 17.0. The predicted octanol–water partition coefficient (Wildman–Crippen LogP) is 3.91. The Hall–Kier alpha value is -0.0800. The van der Waals surface area contributed by atoms with Crippen molar-refractivity contribution in [2.75, 3.05) is 19.6 Å². The van der Waals surface area contributed by atoms with Gasteiger partial charge in [0.2, 0.25) is 0 Å². The van der Waals surface area contributed by atoms with Crippen molar-refractivity contribution in [1.82, 2.24) is 10.2 Å². The molecule has 0 radical (unpaired) electrons. The van der Waals surface area contributed by atoms with Gasteiger partial charge in [-0.3, -0.25) is 4.90 Å². The van der Waals surface area contributed by atoms with E-state index in [9.17, 15) is 0 Å². The van der Waals surface area contributed by atoms with Crippen LogP contribution in [0.3, 0.4) is 0 Å². The second kappa shape index (κ2) is 8.97. The van der Waals surface area contributed by atoms with Gasteiger partial charge in [0, 0.05) is 18.6 Å². The van der Waals surface area contributed by atoms with Gasteiger partial charge in [-0.2, -0.15) is 0 Å². The number of nitrogens with one attached hydrogen (secondary N) is 1. The molecule has 2 nitrogen and oxygen atoms in total. The van der Waals surface area contributed by atoms with Gasteiger partial charge in [-0.1, -0.05) is 47.5 Å². The van der Waals surface area contributed by atoms with Crippen LogP contribution in [0.5, 0.6) is 0 Å². The molecular weight excluding hydrogens is 232 g/mol. The fraction of sp³-hybridized carbons (Fsp3) is 1.00. The highest BCUT2D eigenvalue weighted by Gasteiger charge is 2.29. The molecule has 0 saturated carbocycles. The lowest BCUT2D eigenvalue weighted by Gasteiger charge is -2.43. The van der Waals surface area contributed by atoms with Gasteiger partial charge in [0.05, 0.1) is 0 Å². The van der Waals surface area contributed by atoms with Crippen LogP contribution in [0.25, 0.3) is 0 Å². The summed E-state index contributed by atoms with van der Waals surface area (Å²) in [5, 5.41) is 3.68. The Kier molecular flexibility index (Phi) is 8.01. The van der Waals surface area contributed by atoms with E-state index in [-0.39, 0.29) is 0 Å². The molecule has 2 heteroatoms. The molecule has 0 aliphatic carbocycles. The minimum absolute atomic E-state index is 0.718. The third-order valence-electron chi connectivity index (χ3n) is 4.40. The second-order valence-corrected chi connectivity index (χ2v) is 7.04. The summed E-state index contributed by atoms with van der Waals surface area (Å²) in [5.41, 5.74) is 0. The fourth-order valence-electron chi connectivity index (χ4n) is 3.36. The van der Waals surface area contributed by atoms with E-state index in [1.165, 1.54) is 38.6 Å². The summed E-state index contributed by atoms with van der Waals surface area (Å²) in [6.07, 6.45) is 6.96. The van der Waals surface area contributed by atoms with Crippen molar-refractivity contribution >= 4 is 0 Å². The Balaban J connectivity index is 2.56. The lowest BCUT2D eigenvalue weighted by molar-refractivity contribution is 0.0631. The summed E-state index contributed by atoms with van der Waals surface area (Å²) in [4.78, 5) is 2.82. The molecule has 1 N–H and O–H groups in total. The second-order valence-electron chi connectivity index (χ2n) is 7.04. The first-order chi connectivity index (χ1) is 9.06. The van der Waals surface area contributed by atoms with E-state index in [0.29, 0.717) is 0 Å². The number of likely N-dealkylation sites (tertiary alicyclic amines) is 1. The molecule has 2 unspecified atom stereocenters. The summed E-state index contributed by atoms with van der Waals surface area (Å²) in [6.45, 7) is 15.3. The zero-order valence-corrected chi connectivity index (χ0v) is 13.9. The van der Waals surface area contributed by atoms with E-state index >= 15 is 0 Å². The summed E-state index contributed by atoms with van der Waals surface area (Å²) < 4.78 is 0. The molecule has 0 aromatic rings. The van der Waals surface area contributed by atoms with Gasteiger partial charge in [-0.25, -0.2) is 0 Å². The molecule has 1 aliphatic heterocycles. The molecule has 1 fully saturated rings. The van der Waals surface area contributed by atoms with Crippen LogP contribution < -0.4 is 5.32 Å². The molecule has 0 aromatic carbocycles. The topological polar surface area (TPSA) is 15.3 Å². The van der Waals surface area contributed by atoms with Crippen molar-refractivity contribution in [1.29, 1.82) is 0 Å². The minimum atomic E-state index is 0.718. The highest BCUT2D eigenvalue weighted by molar-refractivity contribution is 4.85. The van der Waals surface area contributed by atoms with Crippen LogP contribution in [0.4, 0.5) is 0 Å². The van der Waals surface area contributed by atoms with Crippen molar-refractivity contribution in [3.05, 3.63) is 0 Å². The molecule has 19 heavy (non-hydrogen) atoms. The van der Waals surface area contributed by atoms with Gasteiger partial charge in [-0.05, 0) is 44.2 Å². The average molecular weight is 268 g/mol. The third-order valence-corrected chi connectivity index (χ3v) is 4.40. The van der Waals surface area contributed by atoms with Crippen LogP contribution >= 0.6 is 0 Å². The predicted molar refractivity (Wildman–Crippen MR) is 85.6 cm³/mol. The summed E-state index contributed by atoms with van der Waals surface area (Å²) in [6, 6.07) is 1.56. The lowest BCUT2D eigenvalue weighted by Crippen LogP contribution is -2.52. The molecule has 0 bridgehead atoms. The Labute approximate surface area is 121 Å². The first-order valence-electron chi connectivity index (χ1n) is 8.52. The van der Waals surface area contributed by atoms with Crippen molar-refractivity contribution < 1.29 is 0 Å². The third kappa shape index (κ3) is 5.83. The van der Waals surface area contributed by atoms with E-state index in [0.717, 1.165) is 37.0 Å². The zero-order valence-electron chi connectivity index (χ0n) is 13.9. The molecule has 1 rings (SSSR count). The molecule has 0 spiro atoms. The van der Waals surface area contributed by atoms with Crippen LogP contribution in [0.15, 0.2) is 0 Å². The maximum atomic E-state index is 3.68. The molecule has 0 amide bonds. The Morgan fingerprint density at radius 2 is 1.84 bits per heavy atom. The molecule has 0 aromatic heterocycles. The zero-order chi connectivity index (χ0) is 14.3. The van der Waals surface area contributed by atoms with Gasteiger partial charge in [0.25, 0.3) is 0 Å². The number of nitrogens with zero attached hydrogens (tertiary/aromatic N) is 1.